The van der Waals surface area contributed by atoms with E-state index in [-0.39, 0.29) is 5.69 Å². The van der Waals surface area contributed by atoms with E-state index in [4.69, 9.17) is 10.5 Å². The molecular formula is C13H21N3O3. The van der Waals surface area contributed by atoms with Gasteiger partial charge in [0.15, 0.2) is 5.69 Å². The molecule has 0 saturated heterocycles. The summed E-state index contributed by atoms with van der Waals surface area (Å²) in [5, 5.41) is 0. The van der Waals surface area contributed by atoms with E-state index in [0.717, 1.165) is 12.2 Å². The first kappa shape index (κ1) is 15.2. The molecule has 0 fully saturated rings. The molecule has 1 heterocycles. The standard InChI is InChI=1S/C13H21N3O3/c1-4-6-8-19-9-7-16-10(5-2)15-11(12(16)14)13(17)18-3/h4H,1,5-9,14H2,2-3H3. The molecule has 19 heavy (non-hydrogen) atoms. The largest absolute Gasteiger partial charge is 0.464 e. The second-order valence-corrected chi connectivity index (χ2v) is 3.95. The molecule has 0 radical (unpaired) electrons. The molecular weight excluding hydrogens is 246 g/mol. The minimum Gasteiger partial charge on any atom is -0.464 e. The summed E-state index contributed by atoms with van der Waals surface area (Å²) in [6.07, 6.45) is 3.31. The van der Waals surface area contributed by atoms with Gasteiger partial charge in [0.25, 0.3) is 0 Å². The van der Waals surface area contributed by atoms with Crippen LogP contribution in [0.25, 0.3) is 0 Å². The van der Waals surface area contributed by atoms with Gasteiger partial charge in [-0.05, 0) is 6.42 Å². The number of hydrogen-bond donors (Lipinski definition) is 1. The molecule has 0 aliphatic rings. The third-order valence-corrected chi connectivity index (χ3v) is 2.71. The van der Waals surface area contributed by atoms with Crippen molar-refractivity contribution in [3.63, 3.8) is 0 Å². The molecule has 0 aliphatic heterocycles. The van der Waals surface area contributed by atoms with E-state index in [1.807, 2.05) is 6.92 Å². The molecule has 2 N–H and O–H groups in total. The lowest BCUT2D eigenvalue weighted by Crippen LogP contribution is -2.13. The fraction of sp³-hybridized carbons (Fsp3) is 0.538. The van der Waals surface area contributed by atoms with E-state index in [2.05, 4.69) is 16.3 Å². The van der Waals surface area contributed by atoms with Crippen molar-refractivity contribution in [3.05, 3.63) is 24.2 Å². The smallest absolute Gasteiger partial charge is 0.360 e. The Bertz CT molecular complexity index is 441. The van der Waals surface area contributed by atoms with Crippen LogP contribution in [0.4, 0.5) is 5.82 Å². The highest BCUT2D eigenvalue weighted by atomic mass is 16.5. The van der Waals surface area contributed by atoms with Gasteiger partial charge in [-0.2, -0.15) is 0 Å². The summed E-state index contributed by atoms with van der Waals surface area (Å²) in [6, 6.07) is 0. The number of nitrogens with two attached hydrogens (primary N) is 1. The van der Waals surface area contributed by atoms with E-state index in [9.17, 15) is 4.79 Å². The van der Waals surface area contributed by atoms with Crippen molar-refractivity contribution < 1.29 is 14.3 Å². The van der Waals surface area contributed by atoms with E-state index in [1.165, 1.54) is 7.11 Å². The summed E-state index contributed by atoms with van der Waals surface area (Å²) in [7, 11) is 1.31. The topological polar surface area (TPSA) is 79.4 Å². The number of aryl methyl sites for hydroxylation is 1. The molecule has 0 spiro atoms. The Hall–Kier alpha value is -1.82. The SMILES string of the molecule is C=CCCOCCn1c(CC)nc(C(=O)OC)c1N. The Morgan fingerprint density at radius 3 is 2.84 bits per heavy atom. The minimum absolute atomic E-state index is 0.172. The van der Waals surface area contributed by atoms with E-state index >= 15 is 0 Å². The summed E-state index contributed by atoms with van der Waals surface area (Å²) in [6.45, 7) is 7.29. The number of carbonyl (C=O) groups is 1. The van der Waals surface area contributed by atoms with Crippen LogP contribution < -0.4 is 5.73 Å². The number of aromatic nitrogens is 2. The fourth-order valence-corrected chi connectivity index (χ4v) is 1.70. The quantitative estimate of drug-likeness (QED) is 0.437. The van der Waals surface area contributed by atoms with Crippen LogP contribution in [-0.4, -0.2) is 35.8 Å². The van der Waals surface area contributed by atoms with Crippen LogP contribution in [0, 0.1) is 0 Å². The van der Waals surface area contributed by atoms with Crippen molar-refractivity contribution >= 4 is 11.8 Å². The molecule has 106 valence electrons. The van der Waals surface area contributed by atoms with E-state index < -0.39 is 5.97 Å². The second-order valence-electron chi connectivity index (χ2n) is 3.95. The van der Waals surface area contributed by atoms with Crippen LogP contribution in [0.2, 0.25) is 0 Å². The Morgan fingerprint density at radius 2 is 2.26 bits per heavy atom. The Balaban J connectivity index is 2.73. The third-order valence-electron chi connectivity index (χ3n) is 2.71. The van der Waals surface area contributed by atoms with E-state index in [0.29, 0.717) is 32.0 Å². The average Bonchev–Trinajstić information content (AvgIpc) is 2.74. The first-order valence-corrected chi connectivity index (χ1v) is 6.27. The molecule has 0 unspecified atom stereocenters. The average molecular weight is 267 g/mol. The maximum Gasteiger partial charge on any atom is 0.360 e. The molecule has 1 rings (SSSR count). The molecule has 0 amide bonds. The number of hydrogen-bond acceptors (Lipinski definition) is 5. The van der Waals surface area contributed by atoms with Crippen LogP contribution in [0.15, 0.2) is 12.7 Å². The number of esters is 1. The normalized spacial score (nSPS) is 10.4. The van der Waals surface area contributed by atoms with Crippen molar-refractivity contribution in [3.8, 4) is 0 Å². The van der Waals surface area contributed by atoms with Crippen molar-refractivity contribution in [2.24, 2.45) is 0 Å². The molecule has 0 bridgehead atoms. The van der Waals surface area contributed by atoms with Crippen LogP contribution in [0.5, 0.6) is 0 Å². The monoisotopic (exact) mass is 267 g/mol. The third kappa shape index (κ3) is 3.82. The predicted molar refractivity (Wildman–Crippen MR) is 73.0 cm³/mol. The molecule has 0 aromatic carbocycles. The molecule has 0 aliphatic carbocycles. The number of ether oxygens (including phenoxy) is 2. The summed E-state index contributed by atoms with van der Waals surface area (Å²) in [5.41, 5.74) is 6.10. The van der Waals surface area contributed by atoms with Crippen LogP contribution in [0.1, 0.15) is 29.7 Å². The molecule has 0 atom stereocenters. The van der Waals surface area contributed by atoms with Gasteiger partial charge in [-0.15, -0.1) is 6.58 Å². The number of nitrogens with zero attached hydrogens (tertiary/aromatic N) is 2. The number of methoxy groups -OCH3 is 1. The summed E-state index contributed by atoms with van der Waals surface area (Å²) < 4.78 is 11.9. The zero-order valence-corrected chi connectivity index (χ0v) is 11.5. The Morgan fingerprint density at radius 1 is 1.53 bits per heavy atom. The summed E-state index contributed by atoms with van der Waals surface area (Å²) >= 11 is 0. The lowest BCUT2D eigenvalue weighted by atomic mass is 10.4. The number of nitrogen functional groups attached to an aromatic ring is 1. The minimum atomic E-state index is -0.515. The second kappa shape index (κ2) is 7.58. The number of anilines is 1. The van der Waals surface area contributed by atoms with Crippen LogP contribution in [0.3, 0.4) is 0 Å². The van der Waals surface area contributed by atoms with Crippen molar-refractivity contribution in [2.45, 2.75) is 26.3 Å². The van der Waals surface area contributed by atoms with Crippen molar-refractivity contribution in [1.29, 1.82) is 0 Å². The predicted octanol–water partition coefficient (Wildman–Crippen LogP) is 1.41. The van der Waals surface area contributed by atoms with Crippen molar-refractivity contribution in [2.75, 3.05) is 26.1 Å². The van der Waals surface area contributed by atoms with Gasteiger partial charge < -0.3 is 19.8 Å². The van der Waals surface area contributed by atoms with Gasteiger partial charge >= 0.3 is 5.97 Å². The number of carbonyl (C=O) groups excluding carboxylic acids is 1. The number of rotatable bonds is 8. The fourth-order valence-electron chi connectivity index (χ4n) is 1.70. The first-order chi connectivity index (χ1) is 9.15. The van der Waals surface area contributed by atoms with Gasteiger partial charge in [-0.1, -0.05) is 13.0 Å². The lowest BCUT2D eigenvalue weighted by molar-refractivity contribution is 0.0595. The maximum atomic E-state index is 11.5. The highest BCUT2D eigenvalue weighted by Gasteiger charge is 2.19. The molecule has 1 aromatic rings. The van der Waals surface area contributed by atoms with Gasteiger partial charge in [0.05, 0.1) is 20.3 Å². The zero-order valence-electron chi connectivity index (χ0n) is 11.5. The zero-order chi connectivity index (χ0) is 14.3. The van der Waals surface area contributed by atoms with Crippen LogP contribution >= 0.6 is 0 Å². The van der Waals surface area contributed by atoms with Gasteiger partial charge in [-0.25, -0.2) is 9.78 Å². The van der Waals surface area contributed by atoms with Crippen molar-refractivity contribution in [1.82, 2.24) is 9.55 Å². The maximum absolute atomic E-state index is 11.5. The van der Waals surface area contributed by atoms with Gasteiger partial charge in [0.2, 0.25) is 0 Å². The van der Waals surface area contributed by atoms with Gasteiger partial charge in [0, 0.05) is 13.0 Å². The summed E-state index contributed by atoms with van der Waals surface area (Å²) in [5.74, 6) is 0.569. The first-order valence-electron chi connectivity index (χ1n) is 6.27. The van der Waals surface area contributed by atoms with Gasteiger partial charge in [-0.3, -0.25) is 0 Å². The molecule has 1 aromatic heterocycles. The lowest BCUT2D eigenvalue weighted by Gasteiger charge is -2.09. The number of imidazole rings is 1. The molecule has 6 heteroatoms. The van der Waals surface area contributed by atoms with Crippen LogP contribution in [-0.2, 0) is 22.4 Å². The Labute approximate surface area is 113 Å². The summed E-state index contributed by atoms with van der Waals surface area (Å²) in [4.78, 5) is 15.7. The highest BCUT2D eigenvalue weighted by molar-refractivity contribution is 5.92. The van der Waals surface area contributed by atoms with Gasteiger partial charge in [0.1, 0.15) is 11.6 Å². The molecule has 6 nitrogen and oxygen atoms in total. The van der Waals surface area contributed by atoms with E-state index in [1.54, 1.807) is 10.6 Å². The highest BCUT2D eigenvalue weighted by Crippen LogP contribution is 2.16. The Kier molecular flexibility index (Phi) is 6.08. The molecule has 0 saturated carbocycles.